The first-order chi connectivity index (χ1) is 15.0. The average Bonchev–Trinajstić information content (AvgIpc) is 2.81. The molecule has 31 heavy (non-hydrogen) atoms. The monoisotopic (exact) mass is 424 g/mol. The molecule has 2 aliphatic heterocycles. The number of hydrogen-bond acceptors (Lipinski definition) is 6. The molecule has 2 fully saturated rings. The number of nitrogens with two attached hydrogens (primary N) is 1. The van der Waals surface area contributed by atoms with Crippen molar-refractivity contribution >= 4 is 23.3 Å². The van der Waals surface area contributed by atoms with E-state index in [0.29, 0.717) is 31.7 Å². The number of aromatic nitrogens is 2. The highest BCUT2D eigenvalue weighted by Gasteiger charge is 2.26. The van der Waals surface area contributed by atoms with Gasteiger partial charge < -0.3 is 20.4 Å². The normalized spacial score (nSPS) is 17.6. The number of hydrogen-bond donors (Lipinski definition) is 1. The molecule has 0 radical (unpaired) electrons. The van der Waals surface area contributed by atoms with E-state index in [9.17, 15) is 14.4 Å². The van der Waals surface area contributed by atoms with Gasteiger partial charge >= 0.3 is 0 Å². The third-order valence-corrected chi connectivity index (χ3v) is 6.11. The SMILES string of the molecule is NC(=O)C1CCN(C(=O)Cn2nc(N3CCN(c4ccccc4)CC3)ccc2=O)CC1. The van der Waals surface area contributed by atoms with E-state index >= 15 is 0 Å². The molecule has 2 aromatic rings. The van der Waals surface area contributed by atoms with Gasteiger partial charge in [-0.15, -0.1) is 0 Å². The van der Waals surface area contributed by atoms with E-state index in [1.165, 1.54) is 16.4 Å². The minimum absolute atomic E-state index is 0.0993. The molecular weight excluding hydrogens is 396 g/mol. The van der Waals surface area contributed by atoms with Crippen LogP contribution in [-0.2, 0) is 16.1 Å². The third-order valence-electron chi connectivity index (χ3n) is 6.11. The number of amides is 2. The van der Waals surface area contributed by atoms with Gasteiger partial charge in [0.1, 0.15) is 12.4 Å². The van der Waals surface area contributed by atoms with Crippen LogP contribution in [0.5, 0.6) is 0 Å². The largest absolute Gasteiger partial charge is 0.369 e. The summed E-state index contributed by atoms with van der Waals surface area (Å²) >= 11 is 0. The van der Waals surface area contributed by atoms with E-state index in [1.54, 1.807) is 11.0 Å². The molecule has 0 spiro atoms. The number of carbonyl (C=O) groups excluding carboxylic acids is 2. The lowest BCUT2D eigenvalue weighted by molar-refractivity contribution is -0.135. The van der Waals surface area contributed by atoms with Crippen molar-refractivity contribution in [3.63, 3.8) is 0 Å². The summed E-state index contributed by atoms with van der Waals surface area (Å²) in [6.45, 7) is 4.14. The fraction of sp³-hybridized carbons (Fsp3) is 0.455. The standard InChI is InChI=1S/C22H28N6O3/c23-22(31)17-8-10-27(11-9-17)21(30)16-28-20(29)7-6-19(24-28)26-14-12-25(13-15-26)18-4-2-1-3-5-18/h1-7,17H,8-16H2,(H2,23,31). The molecule has 0 atom stereocenters. The molecule has 9 nitrogen and oxygen atoms in total. The van der Waals surface area contributed by atoms with Gasteiger partial charge in [0.25, 0.3) is 5.56 Å². The first kappa shape index (κ1) is 20.9. The Morgan fingerprint density at radius 2 is 1.55 bits per heavy atom. The Morgan fingerprint density at radius 3 is 2.19 bits per heavy atom. The van der Waals surface area contributed by atoms with Gasteiger partial charge in [-0.05, 0) is 31.0 Å². The Balaban J connectivity index is 1.37. The van der Waals surface area contributed by atoms with Crippen LogP contribution in [0.3, 0.4) is 0 Å². The van der Waals surface area contributed by atoms with Crippen molar-refractivity contribution in [2.45, 2.75) is 19.4 Å². The summed E-state index contributed by atoms with van der Waals surface area (Å²) in [5, 5.41) is 4.46. The number of primary amides is 1. The highest BCUT2D eigenvalue weighted by atomic mass is 16.2. The minimum Gasteiger partial charge on any atom is -0.369 e. The third kappa shape index (κ3) is 4.87. The van der Waals surface area contributed by atoms with Gasteiger partial charge in [-0.2, -0.15) is 5.10 Å². The van der Waals surface area contributed by atoms with Gasteiger partial charge in [-0.25, -0.2) is 4.68 Å². The Kier molecular flexibility index (Phi) is 6.20. The highest BCUT2D eigenvalue weighted by Crippen LogP contribution is 2.19. The zero-order valence-electron chi connectivity index (χ0n) is 17.5. The molecule has 2 N–H and O–H groups in total. The van der Waals surface area contributed by atoms with Crippen molar-refractivity contribution in [3.05, 3.63) is 52.8 Å². The first-order valence-corrected chi connectivity index (χ1v) is 10.7. The van der Waals surface area contributed by atoms with Crippen molar-refractivity contribution < 1.29 is 9.59 Å². The summed E-state index contributed by atoms with van der Waals surface area (Å²) in [5.41, 5.74) is 6.26. The number of likely N-dealkylation sites (tertiary alicyclic amines) is 1. The minimum atomic E-state index is -0.315. The lowest BCUT2D eigenvalue weighted by atomic mass is 9.96. The quantitative estimate of drug-likeness (QED) is 0.740. The predicted molar refractivity (Wildman–Crippen MR) is 118 cm³/mol. The van der Waals surface area contributed by atoms with Crippen LogP contribution in [0.2, 0.25) is 0 Å². The van der Waals surface area contributed by atoms with Crippen molar-refractivity contribution in [2.24, 2.45) is 11.7 Å². The zero-order valence-corrected chi connectivity index (χ0v) is 17.5. The second-order valence-corrected chi connectivity index (χ2v) is 8.05. The average molecular weight is 425 g/mol. The Hall–Kier alpha value is -3.36. The Bertz CT molecular complexity index is 976. The maximum absolute atomic E-state index is 12.7. The number of para-hydroxylation sites is 1. The molecule has 0 bridgehead atoms. The molecule has 1 aromatic heterocycles. The second kappa shape index (κ2) is 9.20. The maximum Gasteiger partial charge on any atom is 0.267 e. The van der Waals surface area contributed by atoms with E-state index in [-0.39, 0.29) is 29.8 Å². The van der Waals surface area contributed by atoms with E-state index in [1.807, 2.05) is 18.2 Å². The smallest absolute Gasteiger partial charge is 0.267 e. The molecule has 0 unspecified atom stereocenters. The van der Waals surface area contributed by atoms with Crippen LogP contribution in [0.4, 0.5) is 11.5 Å². The molecule has 0 aliphatic carbocycles. The summed E-state index contributed by atoms with van der Waals surface area (Å²) < 4.78 is 1.24. The number of piperazine rings is 1. The van der Waals surface area contributed by atoms with E-state index < -0.39 is 0 Å². The summed E-state index contributed by atoms with van der Waals surface area (Å²) in [6, 6.07) is 13.5. The summed E-state index contributed by atoms with van der Waals surface area (Å²) in [6.07, 6.45) is 1.13. The number of anilines is 2. The van der Waals surface area contributed by atoms with Crippen LogP contribution in [0, 0.1) is 5.92 Å². The van der Waals surface area contributed by atoms with Crippen molar-refractivity contribution in [1.29, 1.82) is 0 Å². The first-order valence-electron chi connectivity index (χ1n) is 10.7. The fourth-order valence-electron chi connectivity index (χ4n) is 4.19. The van der Waals surface area contributed by atoms with Crippen molar-refractivity contribution in [2.75, 3.05) is 49.1 Å². The topological polar surface area (TPSA) is 105 Å². The van der Waals surface area contributed by atoms with Crippen molar-refractivity contribution in [1.82, 2.24) is 14.7 Å². The summed E-state index contributed by atoms with van der Waals surface area (Å²) in [5.74, 6) is 0.0453. The molecule has 2 aliphatic rings. The van der Waals surface area contributed by atoms with Gasteiger partial charge in [0.2, 0.25) is 11.8 Å². The van der Waals surface area contributed by atoms with Gasteiger partial charge in [0, 0.05) is 56.9 Å². The van der Waals surface area contributed by atoms with Gasteiger partial charge in [-0.1, -0.05) is 18.2 Å². The molecule has 3 heterocycles. The van der Waals surface area contributed by atoms with Gasteiger partial charge in [0.15, 0.2) is 0 Å². The fourth-order valence-corrected chi connectivity index (χ4v) is 4.19. The zero-order chi connectivity index (χ0) is 21.8. The van der Waals surface area contributed by atoms with Crippen LogP contribution >= 0.6 is 0 Å². The Morgan fingerprint density at radius 1 is 0.903 bits per heavy atom. The number of piperidine rings is 1. The molecule has 4 rings (SSSR count). The van der Waals surface area contributed by atoms with E-state index in [2.05, 4.69) is 27.0 Å². The van der Waals surface area contributed by atoms with E-state index in [4.69, 9.17) is 5.73 Å². The second-order valence-electron chi connectivity index (χ2n) is 8.05. The molecule has 9 heteroatoms. The lowest BCUT2D eigenvalue weighted by Gasteiger charge is -2.36. The summed E-state index contributed by atoms with van der Waals surface area (Å²) in [7, 11) is 0. The van der Waals surface area contributed by atoms with Crippen LogP contribution in [0.1, 0.15) is 12.8 Å². The highest BCUT2D eigenvalue weighted by molar-refractivity contribution is 5.78. The Labute approximate surface area is 181 Å². The number of benzene rings is 1. The lowest BCUT2D eigenvalue weighted by Crippen LogP contribution is -2.47. The van der Waals surface area contributed by atoms with Gasteiger partial charge in [0.05, 0.1) is 0 Å². The van der Waals surface area contributed by atoms with Gasteiger partial charge in [-0.3, -0.25) is 14.4 Å². The number of nitrogens with zero attached hydrogens (tertiary/aromatic N) is 5. The van der Waals surface area contributed by atoms with Crippen LogP contribution < -0.4 is 21.1 Å². The maximum atomic E-state index is 12.7. The number of rotatable bonds is 5. The molecule has 2 amide bonds. The van der Waals surface area contributed by atoms with Crippen LogP contribution in [0.25, 0.3) is 0 Å². The molecule has 1 aromatic carbocycles. The van der Waals surface area contributed by atoms with Crippen LogP contribution in [-0.4, -0.2) is 65.8 Å². The van der Waals surface area contributed by atoms with Crippen molar-refractivity contribution in [3.8, 4) is 0 Å². The summed E-state index contributed by atoms with van der Waals surface area (Å²) in [4.78, 5) is 42.4. The van der Waals surface area contributed by atoms with E-state index in [0.717, 1.165) is 26.2 Å². The number of carbonyl (C=O) groups is 2. The molecule has 2 saturated heterocycles. The molecule has 164 valence electrons. The predicted octanol–water partition coefficient (Wildman–Crippen LogP) is 0.294. The molecule has 0 saturated carbocycles. The van der Waals surface area contributed by atoms with Crippen LogP contribution in [0.15, 0.2) is 47.3 Å². The molecular formula is C22H28N6O3.